The van der Waals surface area contributed by atoms with Gasteiger partial charge in [0.25, 0.3) is 0 Å². The fraction of sp³-hybridized carbons (Fsp3) is 0.250. The van der Waals surface area contributed by atoms with E-state index >= 15 is 0 Å². The zero-order valence-corrected chi connectivity index (χ0v) is 16.3. The van der Waals surface area contributed by atoms with Crippen LogP contribution in [-0.4, -0.2) is 26.9 Å². The Morgan fingerprint density at radius 2 is 1.43 bits per heavy atom. The molecule has 0 spiro atoms. The van der Waals surface area contributed by atoms with Gasteiger partial charge in [-0.15, -0.1) is 0 Å². The van der Waals surface area contributed by atoms with Crippen molar-refractivity contribution in [1.82, 2.24) is 0 Å². The number of hydrogen-bond donors (Lipinski definition) is 1. The van der Waals surface area contributed by atoms with Gasteiger partial charge < -0.3 is 19.5 Å². The molecule has 3 aromatic rings. The van der Waals surface area contributed by atoms with Crippen molar-refractivity contribution in [3.8, 4) is 17.2 Å². The predicted molar refractivity (Wildman–Crippen MR) is 114 cm³/mol. The molecule has 146 valence electrons. The maximum atomic E-state index is 5.83. The van der Waals surface area contributed by atoms with Gasteiger partial charge in [0.05, 0.1) is 13.7 Å². The third kappa shape index (κ3) is 6.23. The van der Waals surface area contributed by atoms with E-state index in [4.69, 9.17) is 14.2 Å². The van der Waals surface area contributed by atoms with Crippen molar-refractivity contribution in [3.63, 3.8) is 0 Å². The topological polar surface area (TPSA) is 39.7 Å². The van der Waals surface area contributed by atoms with Gasteiger partial charge >= 0.3 is 0 Å². The van der Waals surface area contributed by atoms with Gasteiger partial charge in [-0.25, -0.2) is 0 Å². The number of rotatable bonds is 11. The molecule has 3 rings (SSSR count). The van der Waals surface area contributed by atoms with Crippen molar-refractivity contribution >= 4 is 5.69 Å². The van der Waals surface area contributed by atoms with Gasteiger partial charge in [-0.1, -0.05) is 42.5 Å². The van der Waals surface area contributed by atoms with E-state index in [1.54, 1.807) is 7.11 Å². The Hall–Kier alpha value is -3.14. The van der Waals surface area contributed by atoms with Gasteiger partial charge in [0.15, 0.2) is 11.5 Å². The highest BCUT2D eigenvalue weighted by atomic mass is 16.5. The first-order chi connectivity index (χ1) is 13.8. The van der Waals surface area contributed by atoms with Crippen LogP contribution in [0, 0.1) is 0 Å². The average molecular weight is 377 g/mol. The minimum atomic E-state index is 0.554. The maximum absolute atomic E-state index is 5.83. The lowest BCUT2D eigenvalue weighted by Crippen LogP contribution is -2.11. The fourth-order valence-electron chi connectivity index (χ4n) is 2.87. The Balaban J connectivity index is 1.34. The van der Waals surface area contributed by atoms with E-state index in [1.165, 1.54) is 5.56 Å². The molecule has 0 saturated heterocycles. The molecular weight excluding hydrogens is 350 g/mol. The molecule has 0 aliphatic rings. The molecule has 1 N–H and O–H groups in total. The number of hydrogen-bond acceptors (Lipinski definition) is 4. The van der Waals surface area contributed by atoms with Crippen LogP contribution >= 0.6 is 0 Å². The number of methoxy groups -OCH3 is 1. The lowest BCUT2D eigenvalue weighted by molar-refractivity contribution is 0.306. The highest BCUT2D eigenvalue weighted by molar-refractivity contribution is 5.46. The molecule has 0 aliphatic carbocycles. The van der Waals surface area contributed by atoms with E-state index in [0.717, 1.165) is 35.8 Å². The van der Waals surface area contributed by atoms with Gasteiger partial charge in [-0.05, 0) is 54.8 Å². The molecule has 0 amide bonds. The van der Waals surface area contributed by atoms with Crippen molar-refractivity contribution in [3.05, 3.63) is 84.4 Å². The molecule has 0 atom stereocenters. The summed E-state index contributed by atoms with van der Waals surface area (Å²) in [6.07, 6.45) is 2.04. The van der Waals surface area contributed by atoms with Crippen molar-refractivity contribution in [1.29, 1.82) is 0 Å². The number of ether oxygens (including phenoxy) is 3. The summed E-state index contributed by atoms with van der Waals surface area (Å²) in [6.45, 7) is 1.97. The summed E-state index contributed by atoms with van der Waals surface area (Å²) in [5.74, 6) is 2.39. The Kier molecular flexibility index (Phi) is 7.62. The molecule has 0 aliphatic heterocycles. The van der Waals surface area contributed by atoms with Crippen LogP contribution in [0.2, 0.25) is 0 Å². The second-order valence-electron chi connectivity index (χ2n) is 6.39. The number of aryl methyl sites for hydroxylation is 1. The van der Waals surface area contributed by atoms with Crippen molar-refractivity contribution in [2.45, 2.75) is 12.8 Å². The van der Waals surface area contributed by atoms with E-state index in [-0.39, 0.29) is 0 Å². The summed E-state index contributed by atoms with van der Waals surface area (Å²) < 4.78 is 16.9. The molecule has 0 unspecified atom stereocenters. The van der Waals surface area contributed by atoms with Gasteiger partial charge in [-0.3, -0.25) is 0 Å². The van der Waals surface area contributed by atoms with Gasteiger partial charge in [-0.2, -0.15) is 0 Å². The summed E-state index contributed by atoms with van der Waals surface area (Å²) in [5, 5.41) is 3.35. The van der Waals surface area contributed by atoms with Crippen molar-refractivity contribution in [2.24, 2.45) is 0 Å². The third-order valence-electron chi connectivity index (χ3n) is 4.33. The zero-order valence-electron chi connectivity index (χ0n) is 16.3. The second kappa shape index (κ2) is 10.9. The van der Waals surface area contributed by atoms with E-state index in [0.29, 0.717) is 19.8 Å². The van der Waals surface area contributed by atoms with Crippen LogP contribution in [0.1, 0.15) is 12.0 Å². The molecule has 0 fully saturated rings. The number of para-hydroxylation sites is 2. The smallest absolute Gasteiger partial charge is 0.161 e. The van der Waals surface area contributed by atoms with Crippen LogP contribution in [0.5, 0.6) is 17.2 Å². The quantitative estimate of drug-likeness (QED) is 0.466. The summed E-state index contributed by atoms with van der Waals surface area (Å²) in [5.41, 5.74) is 2.39. The Morgan fingerprint density at radius 1 is 0.714 bits per heavy atom. The molecule has 4 heteroatoms. The highest BCUT2D eigenvalue weighted by Gasteiger charge is 2.02. The summed E-state index contributed by atoms with van der Waals surface area (Å²) >= 11 is 0. The summed E-state index contributed by atoms with van der Waals surface area (Å²) in [7, 11) is 1.64. The second-order valence-corrected chi connectivity index (χ2v) is 6.39. The van der Waals surface area contributed by atoms with Crippen LogP contribution in [0.15, 0.2) is 78.9 Å². The molecular formula is C24H27NO3. The van der Waals surface area contributed by atoms with Crippen molar-refractivity contribution < 1.29 is 14.2 Å². The third-order valence-corrected chi connectivity index (χ3v) is 4.33. The Labute approximate surface area is 167 Å². The Morgan fingerprint density at radius 3 is 2.18 bits per heavy atom. The van der Waals surface area contributed by atoms with Gasteiger partial charge in [0, 0.05) is 12.2 Å². The van der Waals surface area contributed by atoms with E-state index in [1.807, 2.05) is 54.6 Å². The molecule has 0 heterocycles. The average Bonchev–Trinajstić information content (AvgIpc) is 2.76. The molecule has 28 heavy (non-hydrogen) atoms. The lowest BCUT2D eigenvalue weighted by Gasteiger charge is -2.12. The van der Waals surface area contributed by atoms with Gasteiger partial charge in [0.1, 0.15) is 12.4 Å². The normalized spacial score (nSPS) is 10.3. The minimum absolute atomic E-state index is 0.554. The number of nitrogens with one attached hydrogen (secondary N) is 1. The van der Waals surface area contributed by atoms with Crippen LogP contribution in [0.3, 0.4) is 0 Å². The first-order valence-electron chi connectivity index (χ1n) is 9.61. The lowest BCUT2D eigenvalue weighted by atomic mass is 10.1. The van der Waals surface area contributed by atoms with E-state index in [9.17, 15) is 0 Å². The monoisotopic (exact) mass is 377 g/mol. The largest absolute Gasteiger partial charge is 0.494 e. The maximum Gasteiger partial charge on any atom is 0.161 e. The first kappa shape index (κ1) is 19.6. The SMILES string of the molecule is COc1ccccc1OCCNc1ccc(OCCCc2ccccc2)cc1. The summed E-state index contributed by atoms with van der Waals surface area (Å²) in [6, 6.07) is 26.2. The van der Waals surface area contributed by atoms with Gasteiger partial charge in [0.2, 0.25) is 0 Å². The van der Waals surface area contributed by atoms with Crippen molar-refractivity contribution in [2.75, 3.05) is 32.2 Å². The molecule has 0 radical (unpaired) electrons. The van der Waals surface area contributed by atoms with Crippen LogP contribution in [0.4, 0.5) is 5.69 Å². The number of anilines is 1. The molecule has 0 bridgehead atoms. The zero-order chi connectivity index (χ0) is 19.4. The molecule has 3 aromatic carbocycles. The van der Waals surface area contributed by atoms with E-state index in [2.05, 4.69) is 29.6 Å². The molecule has 4 nitrogen and oxygen atoms in total. The van der Waals surface area contributed by atoms with Crippen LogP contribution in [-0.2, 0) is 6.42 Å². The Bertz CT molecular complexity index is 819. The molecule has 0 saturated carbocycles. The van der Waals surface area contributed by atoms with E-state index < -0.39 is 0 Å². The number of benzene rings is 3. The predicted octanol–water partition coefficient (Wildman–Crippen LogP) is 5.20. The first-order valence-corrected chi connectivity index (χ1v) is 9.61. The fourth-order valence-corrected chi connectivity index (χ4v) is 2.87. The van der Waals surface area contributed by atoms with Crippen LogP contribution in [0.25, 0.3) is 0 Å². The minimum Gasteiger partial charge on any atom is -0.494 e. The highest BCUT2D eigenvalue weighted by Crippen LogP contribution is 2.25. The standard InChI is InChI=1S/C24H27NO3/c1-26-23-11-5-6-12-24(23)28-19-17-25-21-13-15-22(16-14-21)27-18-7-10-20-8-3-2-4-9-20/h2-6,8-9,11-16,25H,7,10,17-19H2,1H3. The summed E-state index contributed by atoms with van der Waals surface area (Å²) in [4.78, 5) is 0. The molecule has 0 aromatic heterocycles. The van der Waals surface area contributed by atoms with Crippen LogP contribution < -0.4 is 19.5 Å².